The van der Waals surface area contributed by atoms with Gasteiger partial charge in [-0.15, -0.1) is 0 Å². The highest BCUT2D eigenvalue weighted by atomic mass is 32.2. The Morgan fingerprint density at radius 2 is 1.67 bits per heavy atom. The second kappa shape index (κ2) is 6.56. The molecule has 0 aliphatic carbocycles. The second-order valence-corrected chi connectivity index (χ2v) is 9.29. The zero-order chi connectivity index (χ0) is 19.1. The number of carbonyl (C=O) groups is 1. The first kappa shape index (κ1) is 17.9. The Hall–Kier alpha value is -2.54. The van der Waals surface area contributed by atoms with Crippen LogP contribution in [0.3, 0.4) is 0 Å². The maximum Gasteiger partial charge on any atom is 0.410 e. The van der Waals surface area contributed by atoms with Gasteiger partial charge in [-0.1, -0.05) is 48.5 Å². The molecule has 2 aliphatic rings. The minimum atomic E-state index is -3.50. The highest BCUT2D eigenvalue weighted by Crippen LogP contribution is 2.51. The Morgan fingerprint density at radius 3 is 2.37 bits per heavy atom. The van der Waals surface area contributed by atoms with Crippen LogP contribution in [-0.2, 0) is 26.1 Å². The minimum Gasteiger partial charge on any atom is -0.445 e. The van der Waals surface area contributed by atoms with E-state index in [4.69, 9.17) is 4.74 Å². The van der Waals surface area contributed by atoms with E-state index in [1.54, 1.807) is 11.9 Å². The van der Waals surface area contributed by atoms with Crippen molar-refractivity contribution >= 4 is 21.8 Å². The van der Waals surface area contributed by atoms with Crippen LogP contribution in [-0.4, -0.2) is 39.5 Å². The first-order valence-corrected chi connectivity index (χ1v) is 10.4. The van der Waals surface area contributed by atoms with E-state index in [1.807, 2.05) is 54.6 Å². The fourth-order valence-corrected chi connectivity index (χ4v) is 6.14. The molecule has 0 aromatic heterocycles. The van der Waals surface area contributed by atoms with E-state index in [1.165, 1.54) is 4.31 Å². The number of hydrogen-bond acceptors (Lipinski definition) is 4. The summed E-state index contributed by atoms with van der Waals surface area (Å²) in [6.45, 7) is 0.926. The number of rotatable bonds is 2. The summed E-state index contributed by atoms with van der Waals surface area (Å²) in [7, 11) is -1.90. The third kappa shape index (κ3) is 2.77. The first-order valence-electron chi connectivity index (χ1n) is 8.99. The molecule has 0 N–H and O–H groups in total. The van der Waals surface area contributed by atoms with Crippen LogP contribution in [0.4, 0.5) is 10.5 Å². The summed E-state index contributed by atoms with van der Waals surface area (Å²) in [5.41, 5.74) is 2.50. The number of sulfonamides is 1. The summed E-state index contributed by atoms with van der Waals surface area (Å²) >= 11 is 0. The van der Waals surface area contributed by atoms with Gasteiger partial charge in [0.25, 0.3) is 0 Å². The molecule has 0 radical (unpaired) electrons. The van der Waals surface area contributed by atoms with Crippen molar-refractivity contribution in [2.45, 2.75) is 24.2 Å². The van der Waals surface area contributed by atoms with Crippen molar-refractivity contribution in [1.29, 1.82) is 0 Å². The third-order valence-electron chi connectivity index (χ3n) is 5.62. The molecule has 142 valence electrons. The number of para-hydroxylation sites is 1. The van der Waals surface area contributed by atoms with Crippen molar-refractivity contribution < 1.29 is 17.9 Å². The summed E-state index contributed by atoms with van der Waals surface area (Å²) in [4.78, 5) is 14.0. The zero-order valence-corrected chi connectivity index (χ0v) is 16.0. The van der Waals surface area contributed by atoms with Crippen molar-refractivity contribution in [3.8, 4) is 0 Å². The number of nitrogens with zero attached hydrogens (tertiary/aromatic N) is 2. The van der Waals surface area contributed by atoms with Crippen LogP contribution in [0.2, 0.25) is 0 Å². The molecule has 6 nitrogen and oxygen atoms in total. The van der Waals surface area contributed by atoms with Gasteiger partial charge in [0.05, 0.1) is 5.69 Å². The van der Waals surface area contributed by atoms with Gasteiger partial charge in [0.2, 0.25) is 10.0 Å². The van der Waals surface area contributed by atoms with Gasteiger partial charge < -0.3 is 9.64 Å². The number of likely N-dealkylation sites (tertiary alicyclic amines) is 1. The fraction of sp³-hybridized carbons (Fsp3) is 0.350. The maximum atomic E-state index is 13.1. The normalized spacial score (nSPS) is 19.7. The smallest absolute Gasteiger partial charge is 0.410 e. The molecular formula is C20H22N2O4S. The van der Waals surface area contributed by atoms with Crippen molar-refractivity contribution in [2.75, 3.05) is 24.4 Å². The van der Waals surface area contributed by atoms with Crippen LogP contribution in [0, 0.1) is 0 Å². The van der Waals surface area contributed by atoms with Gasteiger partial charge >= 0.3 is 6.09 Å². The number of benzene rings is 2. The van der Waals surface area contributed by atoms with E-state index >= 15 is 0 Å². The van der Waals surface area contributed by atoms with Gasteiger partial charge in [-0.2, -0.15) is 0 Å². The van der Waals surface area contributed by atoms with E-state index in [0.717, 1.165) is 16.8 Å². The Morgan fingerprint density at radius 1 is 1.04 bits per heavy atom. The topological polar surface area (TPSA) is 66.9 Å². The molecule has 27 heavy (non-hydrogen) atoms. The van der Waals surface area contributed by atoms with Crippen molar-refractivity contribution in [3.05, 3.63) is 65.7 Å². The molecule has 0 unspecified atom stereocenters. The molecule has 0 bridgehead atoms. The van der Waals surface area contributed by atoms with Crippen LogP contribution >= 0.6 is 0 Å². The molecule has 1 saturated heterocycles. The monoisotopic (exact) mass is 386 g/mol. The third-order valence-corrected chi connectivity index (χ3v) is 8.16. The SMILES string of the molecule is CN1c2ccccc2C2(CCN(C(=O)OCc3ccccc3)CC2)S1(=O)=O. The van der Waals surface area contributed by atoms with E-state index < -0.39 is 20.9 Å². The lowest BCUT2D eigenvalue weighted by Crippen LogP contribution is -2.49. The van der Waals surface area contributed by atoms with Crippen molar-refractivity contribution in [3.63, 3.8) is 0 Å². The number of amides is 1. The average molecular weight is 386 g/mol. The number of fused-ring (bicyclic) bond motifs is 2. The van der Waals surface area contributed by atoms with Crippen LogP contribution in [0.15, 0.2) is 54.6 Å². The van der Waals surface area contributed by atoms with Crippen molar-refractivity contribution in [1.82, 2.24) is 4.90 Å². The van der Waals surface area contributed by atoms with E-state index in [-0.39, 0.29) is 6.61 Å². The molecule has 2 aromatic rings. The van der Waals surface area contributed by atoms with Crippen LogP contribution in [0.5, 0.6) is 0 Å². The molecule has 4 rings (SSSR count). The Kier molecular flexibility index (Phi) is 4.34. The first-order chi connectivity index (χ1) is 13.0. The Balaban J connectivity index is 1.48. The molecule has 1 spiro atoms. The molecule has 7 heteroatoms. The molecule has 0 saturated carbocycles. The zero-order valence-electron chi connectivity index (χ0n) is 15.2. The maximum absolute atomic E-state index is 13.1. The fourth-order valence-electron chi connectivity index (χ4n) is 4.05. The minimum absolute atomic E-state index is 0.213. The van der Waals surface area contributed by atoms with Gasteiger partial charge in [0.15, 0.2) is 0 Å². The van der Waals surface area contributed by atoms with E-state index in [2.05, 4.69) is 0 Å². The summed E-state index contributed by atoms with van der Waals surface area (Å²) < 4.78 is 32.0. The molecule has 1 fully saturated rings. The molecular weight excluding hydrogens is 364 g/mol. The van der Waals surface area contributed by atoms with E-state index in [0.29, 0.717) is 25.9 Å². The lowest BCUT2D eigenvalue weighted by molar-refractivity contribution is 0.0845. The van der Waals surface area contributed by atoms with Gasteiger partial charge in [-0.3, -0.25) is 4.31 Å². The van der Waals surface area contributed by atoms with E-state index in [9.17, 15) is 13.2 Å². The predicted octanol–water partition coefficient (Wildman–Crippen LogP) is 3.09. The number of piperidine rings is 1. The van der Waals surface area contributed by atoms with Crippen LogP contribution < -0.4 is 4.31 Å². The molecule has 2 heterocycles. The number of anilines is 1. The lowest BCUT2D eigenvalue weighted by Gasteiger charge is -2.38. The second-order valence-electron chi connectivity index (χ2n) is 7.01. The summed E-state index contributed by atoms with van der Waals surface area (Å²) in [5.74, 6) is 0. The Bertz CT molecular complexity index is 951. The number of carbonyl (C=O) groups excluding carboxylic acids is 1. The number of hydrogen-bond donors (Lipinski definition) is 0. The van der Waals surface area contributed by atoms with Gasteiger partial charge in [0.1, 0.15) is 11.4 Å². The van der Waals surface area contributed by atoms with Gasteiger partial charge in [-0.05, 0) is 30.0 Å². The standard InChI is InChI=1S/C20H22N2O4S/c1-21-18-10-6-5-9-17(18)20(27(21,24)25)11-13-22(14-12-20)19(23)26-15-16-7-3-2-4-8-16/h2-10H,11-15H2,1H3. The number of ether oxygens (including phenoxy) is 1. The summed E-state index contributed by atoms with van der Waals surface area (Å²) in [5, 5.41) is 0. The van der Waals surface area contributed by atoms with Crippen LogP contribution in [0.1, 0.15) is 24.0 Å². The van der Waals surface area contributed by atoms with Crippen molar-refractivity contribution in [2.24, 2.45) is 0 Å². The van der Waals surface area contributed by atoms with Gasteiger partial charge in [0, 0.05) is 20.1 Å². The summed E-state index contributed by atoms with van der Waals surface area (Å²) in [6, 6.07) is 16.9. The molecule has 2 aromatic carbocycles. The predicted molar refractivity (Wildman–Crippen MR) is 103 cm³/mol. The molecule has 2 aliphatic heterocycles. The average Bonchev–Trinajstić information content (AvgIpc) is 2.86. The summed E-state index contributed by atoms with van der Waals surface area (Å²) in [6.07, 6.45) is 0.347. The van der Waals surface area contributed by atoms with Gasteiger partial charge in [-0.25, -0.2) is 13.2 Å². The highest BCUT2D eigenvalue weighted by molar-refractivity contribution is 7.94. The lowest BCUT2D eigenvalue weighted by atomic mass is 9.87. The van der Waals surface area contributed by atoms with Crippen LogP contribution in [0.25, 0.3) is 0 Å². The highest BCUT2D eigenvalue weighted by Gasteiger charge is 2.56. The largest absolute Gasteiger partial charge is 0.445 e. The molecule has 1 amide bonds. The Labute approximate surface area is 159 Å². The molecule has 0 atom stereocenters. The quantitative estimate of drug-likeness (QED) is 0.795.